The van der Waals surface area contributed by atoms with Gasteiger partial charge in [-0.15, -0.1) is 0 Å². The maximum absolute atomic E-state index is 12.6. The Balaban J connectivity index is 1.69. The van der Waals surface area contributed by atoms with Gasteiger partial charge >= 0.3 is 0 Å². The van der Waals surface area contributed by atoms with Gasteiger partial charge in [0.25, 0.3) is 0 Å². The molecule has 2 aliphatic carbocycles. The third-order valence-corrected chi connectivity index (χ3v) is 5.07. The summed E-state index contributed by atoms with van der Waals surface area (Å²) in [7, 11) is 0. The molecule has 0 saturated heterocycles. The van der Waals surface area contributed by atoms with E-state index in [0.29, 0.717) is 11.7 Å². The van der Waals surface area contributed by atoms with Crippen LogP contribution in [0, 0.1) is 5.92 Å². The molecule has 3 aliphatic rings. The summed E-state index contributed by atoms with van der Waals surface area (Å²) in [6.07, 6.45) is 7.38. The molecule has 110 valence electrons. The molecular formula is C15H22N2O2S. The van der Waals surface area contributed by atoms with Crippen molar-refractivity contribution >= 4 is 23.2 Å². The molecule has 4 nitrogen and oxygen atoms in total. The van der Waals surface area contributed by atoms with Gasteiger partial charge in [0.1, 0.15) is 0 Å². The summed E-state index contributed by atoms with van der Waals surface area (Å²) in [6.45, 7) is 0.680. The fourth-order valence-corrected chi connectivity index (χ4v) is 3.75. The van der Waals surface area contributed by atoms with Crippen LogP contribution in [0.15, 0.2) is 11.3 Å². The summed E-state index contributed by atoms with van der Waals surface area (Å²) in [5, 5.41) is 13.4. The van der Waals surface area contributed by atoms with Crippen molar-refractivity contribution in [3.63, 3.8) is 0 Å². The van der Waals surface area contributed by atoms with Gasteiger partial charge in [0.2, 0.25) is 5.91 Å². The van der Waals surface area contributed by atoms with Crippen molar-refractivity contribution in [2.24, 2.45) is 5.92 Å². The number of rotatable bonds is 1. The van der Waals surface area contributed by atoms with E-state index in [2.05, 4.69) is 5.32 Å². The zero-order valence-corrected chi connectivity index (χ0v) is 12.5. The molecule has 0 radical (unpaired) electrons. The van der Waals surface area contributed by atoms with Crippen molar-refractivity contribution in [3.05, 3.63) is 11.3 Å². The van der Waals surface area contributed by atoms with E-state index in [9.17, 15) is 9.90 Å². The molecule has 1 fully saturated rings. The molecule has 1 heterocycles. The lowest BCUT2D eigenvalue weighted by Gasteiger charge is -2.37. The number of aliphatic hydroxyl groups is 1. The Kier molecular flexibility index (Phi) is 4.08. The molecule has 0 aromatic carbocycles. The van der Waals surface area contributed by atoms with Crippen LogP contribution in [-0.4, -0.2) is 33.7 Å². The highest BCUT2D eigenvalue weighted by molar-refractivity contribution is 7.80. The van der Waals surface area contributed by atoms with E-state index in [4.69, 9.17) is 12.2 Å². The SMILES string of the molecule is O=C(C1CCC(O)CC1)N1CC2=C(CCCC2)NC1=S. The first kappa shape index (κ1) is 14.0. The number of carbonyl (C=O) groups is 1. The van der Waals surface area contributed by atoms with Crippen molar-refractivity contribution < 1.29 is 9.90 Å². The minimum atomic E-state index is -0.224. The van der Waals surface area contributed by atoms with Crippen LogP contribution in [0.4, 0.5) is 0 Å². The molecule has 0 aromatic heterocycles. The van der Waals surface area contributed by atoms with Gasteiger partial charge in [-0.2, -0.15) is 0 Å². The quantitative estimate of drug-likeness (QED) is 0.727. The standard InChI is InChI=1S/C15H22N2O2S/c18-12-7-5-10(6-8-12)14(19)17-9-11-3-1-2-4-13(11)16-15(17)20/h10,12,18H,1-9H2,(H,16,20). The van der Waals surface area contributed by atoms with Crippen molar-refractivity contribution in [1.82, 2.24) is 10.2 Å². The van der Waals surface area contributed by atoms with Crippen LogP contribution in [0.5, 0.6) is 0 Å². The smallest absolute Gasteiger partial charge is 0.232 e. The Labute approximate surface area is 125 Å². The van der Waals surface area contributed by atoms with E-state index in [1.54, 1.807) is 4.90 Å². The van der Waals surface area contributed by atoms with E-state index in [1.807, 2.05) is 0 Å². The van der Waals surface area contributed by atoms with Crippen LogP contribution in [-0.2, 0) is 4.79 Å². The van der Waals surface area contributed by atoms with E-state index in [1.165, 1.54) is 24.1 Å². The summed E-state index contributed by atoms with van der Waals surface area (Å²) in [6, 6.07) is 0. The molecule has 5 heteroatoms. The second kappa shape index (κ2) is 5.82. The monoisotopic (exact) mass is 294 g/mol. The Morgan fingerprint density at radius 2 is 1.90 bits per heavy atom. The Morgan fingerprint density at radius 1 is 1.20 bits per heavy atom. The lowest BCUT2D eigenvalue weighted by molar-refractivity contribution is -0.133. The van der Waals surface area contributed by atoms with E-state index in [-0.39, 0.29) is 17.9 Å². The van der Waals surface area contributed by atoms with E-state index >= 15 is 0 Å². The minimum Gasteiger partial charge on any atom is -0.393 e. The number of aliphatic hydroxyl groups excluding tert-OH is 1. The van der Waals surface area contributed by atoms with Gasteiger partial charge in [0.15, 0.2) is 5.11 Å². The summed E-state index contributed by atoms with van der Waals surface area (Å²) in [5.74, 6) is 0.176. The van der Waals surface area contributed by atoms with Gasteiger partial charge in [0, 0.05) is 11.6 Å². The molecule has 1 amide bonds. The van der Waals surface area contributed by atoms with Gasteiger partial charge < -0.3 is 10.4 Å². The number of amides is 1. The predicted octanol–water partition coefficient (Wildman–Crippen LogP) is 2.08. The molecule has 0 unspecified atom stereocenters. The lowest BCUT2D eigenvalue weighted by atomic mass is 9.86. The van der Waals surface area contributed by atoms with Crippen LogP contribution >= 0.6 is 12.2 Å². The second-order valence-electron chi connectivity index (χ2n) is 6.15. The fourth-order valence-electron chi connectivity index (χ4n) is 3.47. The Bertz CT molecular complexity index is 453. The normalized spacial score (nSPS) is 30.9. The molecule has 0 bridgehead atoms. The average molecular weight is 294 g/mol. The summed E-state index contributed by atoms with van der Waals surface area (Å²) in [5.41, 5.74) is 2.61. The van der Waals surface area contributed by atoms with Crippen LogP contribution in [0.1, 0.15) is 51.4 Å². The Hall–Kier alpha value is -0.940. The molecule has 0 aromatic rings. The maximum Gasteiger partial charge on any atom is 0.232 e. The molecular weight excluding hydrogens is 272 g/mol. The summed E-state index contributed by atoms with van der Waals surface area (Å²) >= 11 is 5.37. The topological polar surface area (TPSA) is 52.6 Å². The Morgan fingerprint density at radius 3 is 2.65 bits per heavy atom. The molecule has 20 heavy (non-hydrogen) atoms. The number of nitrogens with one attached hydrogen (secondary N) is 1. The molecule has 1 saturated carbocycles. The maximum atomic E-state index is 12.6. The average Bonchev–Trinajstić information content (AvgIpc) is 2.46. The third kappa shape index (κ3) is 2.74. The highest BCUT2D eigenvalue weighted by Crippen LogP contribution is 2.30. The predicted molar refractivity (Wildman–Crippen MR) is 80.9 cm³/mol. The van der Waals surface area contributed by atoms with Gasteiger partial charge in [-0.3, -0.25) is 9.69 Å². The largest absolute Gasteiger partial charge is 0.393 e. The van der Waals surface area contributed by atoms with Gasteiger partial charge in [-0.05, 0) is 69.2 Å². The second-order valence-corrected chi connectivity index (χ2v) is 6.54. The van der Waals surface area contributed by atoms with Gasteiger partial charge in [0.05, 0.1) is 12.6 Å². The van der Waals surface area contributed by atoms with Gasteiger partial charge in [-0.1, -0.05) is 0 Å². The summed E-state index contributed by atoms with van der Waals surface area (Å²) < 4.78 is 0. The van der Waals surface area contributed by atoms with Crippen molar-refractivity contribution in [2.75, 3.05) is 6.54 Å². The van der Waals surface area contributed by atoms with E-state index < -0.39 is 0 Å². The number of hydrogen-bond acceptors (Lipinski definition) is 3. The summed E-state index contributed by atoms with van der Waals surface area (Å²) in [4.78, 5) is 14.4. The number of thiocarbonyl (C=S) groups is 1. The molecule has 1 aliphatic heterocycles. The van der Waals surface area contributed by atoms with Gasteiger partial charge in [-0.25, -0.2) is 0 Å². The molecule has 0 atom stereocenters. The van der Waals surface area contributed by atoms with Crippen molar-refractivity contribution in [3.8, 4) is 0 Å². The number of nitrogens with zero attached hydrogens (tertiary/aromatic N) is 1. The highest BCUT2D eigenvalue weighted by atomic mass is 32.1. The molecule has 2 N–H and O–H groups in total. The fraction of sp³-hybridized carbons (Fsp3) is 0.733. The third-order valence-electron chi connectivity index (χ3n) is 4.75. The van der Waals surface area contributed by atoms with Crippen LogP contribution in [0.2, 0.25) is 0 Å². The number of hydrogen-bond donors (Lipinski definition) is 2. The van der Waals surface area contributed by atoms with Crippen LogP contribution in [0.3, 0.4) is 0 Å². The number of carbonyl (C=O) groups excluding carboxylic acids is 1. The van der Waals surface area contributed by atoms with Crippen molar-refractivity contribution in [2.45, 2.75) is 57.5 Å². The molecule has 3 rings (SSSR count). The minimum absolute atomic E-state index is 0.0314. The van der Waals surface area contributed by atoms with E-state index in [0.717, 1.165) is 38.5 Å². The first-order valence-electron chi connectivity index (χ1n) is 7.66. The molecule has 0 spiro atoms. The lowest BCUT2D eigenvalue weighted by Crippen LogP contribution is -2.51. The van der Waals surface area contributed by atoms with Crippen LogP contribution in [0.25, 0.3) is 0 Å². The zero-order valence-electron chi connectivity index (χ0n) is 11.7. The highest BCUT2D eigenvalue weighted by Gasteiger charge is 2.33. The van der Waals surface area contributed by atoms with Crippen LogP contribution < -0.4 is 5.32 Å². The first-order valence-corrected chi connectivity index (χ1v) is 8.07. The number of allylic oxidation sites excluding steroid dienone is 1. The van der Waals surface area contributed by atoms with Crippen molar-refractivity contribution in [1.29, 1.82) is 0 Å². The zero-order chi connectivity index (χ0) is 14.1. The first-order chi connectivity index (χ1) is 9.65.